The first-order valence-corrected chi connectivity index (χ1v) is 6.78. The highest BCUT2D eigenvalue weighted by Crippen LogP contribution is 2.29. The number of benzene rings is 2. The maximum Gasteiger partial charge on any atom is 0.317 e. The number of carbonyl (C=O) groups is 1. The fourth-order valence-electron chi connectivity index (χ4n) is 1.84. The van der Waals surface area contributed by atoms with E-state index in [1.54, 1.807) is 24.3 Å². The predicted octanol–water partition coefficient (Wildman–Crippen LogP) is 2.25. The lowest BCUT2D eigenvalue weighted by molar-refractivity contribution is -0.114. The summed E-state index contributed by atoms with van der Waals surface area (Å²) in [5, 5.41) is 3.47. The first kappa shape index (κ1) is 13.2. The third-order valence-electron chi connectivity index (χ3n) is 2.57. The van der Waals surface area contributed by atoms with Crippen LogP contribution in [-0.4, -0.2) is 14.3 Å². The van der Waals surface area contributed by atoms with Crippen LogP contribution in [0.5, 0.6) is 0 Å². The van der Waals surface area contributed by atoms with Crippen molar-refractivity contribution in [2.75, 3.05) is 5.32 Å². The first-order chi connectivity index (χ1) is 8.95. The molecule has 0 aromatic heterocycles. The minimum absolute atomic E-state index is 0.174. The molecule has 7 heteroatoms. The molecule has 0 aliphatic heterocycles. The van der Waals surface area contributed by atoms with Crippen molar-refractivity contribution in [1.82, 2.24) is 0 Å². The van der Waals surface area contributed by atoms with Crippen LogP contribution in [0.4, 0.5) is 5.69 Å². The summed E-state index contributed by atoms with van der Waals surface area (Å²) in [7, 11) is -4.21. The zero-order valence-corrected chi connectivity index (χ0v) is 10.8. The first-order valence-electron chi connectivity index (χ1n) is 5.34. The number of fused-ring (bicyclic) bond motifs is 1. The van der Waals surface area contributed by atoms with Crippen LogP contribution in [0, 0.1) is 4.91 Å². The number of nitroso groups, excluding NO2 is 1. The van der Waals surface area contributed by atoms with Crippen LogP contribution in [0.15, 0.2) is 45.9 Å². The molecule has 6 nitrogen and oxygen atoms in total. The van der Waals surface area contributed by atoms with Gasteiger partial charge >= 0.3 is 10.0 Å². The number of amides is 1. The molecule has 0 aliphatic carbocycles. The SMILES string of the molecule is CC(=O)Nc1cccc2c(S(=O)(=O)N=O)cccc12. The Labute approximate surface area is 109 Å². The molecule has 0 fully saturated rings. The Morgan fingerprint density at radius 3 is 2.37 bits per heavy atom. The third kappa shape index (κ3) is 2.45. The van der Waals surface area contributed by atoms with E-state index in [1.807, 2.05) is 0 Å². The number of anilines is 1. The van der Waals surface area contributed by atoms with E-state index in [0.29, 0.717) is 16.5 Å². The van der Waals surface area contributed by atoms with Crippen LogP contribution in [0.2, 0.25) is 0 Å². The summed E-state index contributed by atoms with van der Waals surface area (Å²) in [6, 6.07) is 9.25. The van der Waals surface area contributed by atoms with Gasteiger partial charge in [-0.1, -0.05) is 24.3 Å². The van der Waals surface area contributed by atoms with E-state index in [2.05, 4.69) is 9.90 Å². The van der Waals surface area contributed by atoms with E-state index in [9.17, 15) is 18.1 Å². The number of nitrogens with zero attached hydrogens (tertiary/aromatic N) is 1. The molecule has 0 aliphatic rings. The lowest BCUT2D eigenvalue weighted by atomic mass is 10.1. The molecule has 0 atom stereocenters. The molecule has 0 saturated heterocycles. The number of sulfonamides is 1. The summed E-state index contributed by atoms with van der Waals surface area (Å²) in [5.41, 5.74) is 0.480. The highest BCUT2D eigenvalue weighted by Gasteiger charge is 2.18. The van der Waals surface area contributed by atoms with Gasteiger partial charge in [0.05, 0.1) is 4.58 Å². The molecule has 0 heterocycles. The summed E-state index contributed by atoms with van der Waals surface area (Å²) in [6.07, 6.45) is 0. The molecule has 0 bridgehead atoms. The number of hydrogen-bond donors (Lipinski definition) is 1. The third-order valence-corrected chi connectivity index (χ3v) is 3.68. The topological polar surface area (TPSA) is 92.7 Å². The van der Waals surface area contributed by atoms with Gasteiger partial charge in [0.15, 0.2) is 0 Å². The molecule has 0 radical (unpaired) electrons. The largest absolute Gasteiger partial charge is 0.326 e. The smallest absolute Gasteiger partial charge is 0.317 e. The molecular formula is C12H10N2O4S. The summed E-state index contributed by atoms with van der Waals surface area (Å²) in [5.74, 6) is -0.269. The van der Waals surface area contributed by atoms with Crippen molar-refractivity contribution in [2.45, 2.75) is 11.8 Å². The fourth-order valence-corrected chi connectivity index (χ4v) is 2.63. The van der Waals surface area contributed by atoms with Gasteiger partial charge in [-0.2, -0.15) is 8.42 Å². The molecule has 1 amide bonds. The number of carbonyl (C=O) groups excluding carboxylic acids is 1. The van der Waals surface area contributed by atoms with Crippen molar-refractivity contribution >= 4 is 32.4 Å². The monoisotopic (exact) mass is 278 g/mol. The highest BCUT2D eigenvalue weighted by atomic mass is 32.2. The van der Waals surface area contributed by atoms with Gasteiger partial charge in [0.1, 0.15) is 4.90 Å². The van der Waals surface area contributed by atoms with Gasteiger partial charge in [0.2, 0.25) is 5.91 Å². The van der Waals surface area contributed by atoms with Crippen molar-refractivity contribution in [3.63, 3.8) is 0 Å². The highest BCUT2D eigenvalue weighted by molar-refractivity contribution is 7.90. The van der Waals surface area contributed by atoms with Crippen molar-refractivity contribution in [3.05, 3.63) is 41.3 Å². The fraction of sp³-hybridized carbons (Fsp3) is 0.0833. The van der Waals surface area contributed by atoms with Crippen molar-refractivity contribution in [2.24, 2.45) is 4.58 Å². The Hall–Kier alpha value is -2.28. The van der Waals surface area contributed by atoms with Crippen LogP contribution in [-0.2, 0) is 14.8 Å². The average Bonchev–Trinajstić information content (AvgIpc) is 2.38. The Morgan fingerprint density at radius 1 is 1.11 bits per heavy atom. The van der Waals surface area contributed by atoms with Gasteiger partial charge in [-0.25, -0.2) is 0 Å². The summed E-state index contributed by atoms with van der Waals surface area (Å²) >= 11 is 0. The van der Waals surface area contributed by atoms with E-state index in [4.69, 9.17) is 0 Å². The van der Waals surface area contributed by atoms with Gasteiger partial charge in [-0.15, -0.1) is 4.91 Å². The summed E-state index contributed by atoms with van der Waals surface area (Å²) in [6.45, 7) is 1.35. The maximum atomic E-state index is 11.6. The summed E-state index contributed by atoms with van der Waals surface area (Å²) < 4.78 is 25.3. The Bertz CT molecular complexity index is 768. The quantitative estimate of drug-likeness (QED) is 0.871. The van der Waals surface area contributed by atoms with Crippen LogP contribution in [0.3, 0.4) is 0 Å². The van der Waals surface area contributed by atoms with Gasteiger partial charge in [0, 0.05) is 23.4 Å². The zero-order chi connectivity index (χ0) is 14.0. The normalized spacial score (nSPS) is 11.2. The van der Waals surface area contributed by atoms with E-state index in [0.717, 1.165) is 0 Å². The van der Waals surface area contributed by atoms with Gasteiger partial charge in [0.25, 0.3) is 0 Å². The molecule has 2 aromatic carbocycles. The summed E-state index contributed by atoms with van der Waals surface area (Å²) in [4.78, 5) is 21.3. The molecule has 2 aromatic rings. The van der Waals surface area contributed by atoms with Gasteiger partial charge in [-0.05, 0) is 12.1 Å². The number of hydrogen-bond acceptors (Lipinski definition) is 4. The second-order valence-corrected chi connectivity index (χ2v) is 5.43. The molecular weight excluding hydrogens is 268 g/mol. The molecule has 2 rings (SSSR count). The van der Waals surface area contributed by atoms with E-state index in [1.165, 1.54) is 19.1 Å². The van der Waals surface area contributed by atoms with Crippen molar-refractivity contribution in [1.29, 1.82) is 0 Å². The maximum absolute atomic E-state index is 11.6. The van der Waals surface area contributed by atoms with Crippen LogP contribution < -0.4 is 5.32 Å². The lowest BCUT2D eigenvalue weighted by Gasteiger charge is -2.08. The van der Waals surface area contributed by atoms with Crippen molar-refractivity contribution in [3.8, 4) is 0 Å². The minimum atomic E-state index is -4.21. The molecule has 19 heavy (non-hydrogen) atoms. The molecule has 0 unspecified atom stereocenters. The second kappa shape index (κ2) is 4.77. The van der Waals surface area contributed by atoms with Gasteiger partial charge < -0.3 is 5.32 Å². The molecule has 98 valence electrons. The molecule has 0 spiro atoms. The van der Waals surface area contributed by atoms with Crippen LogP contribution in [0.25, 0.3) is 10.8 Å². The Balaban J connectivity index is 2.78. The number of nitrogens with one attached hydrogen (secondary N) is 1. The van der Waals surface area contributed by atoms with Crippen LogP contribution in [0.1, 0.15) is 6.92 Å². The van der Waals surface area contributed by atoms with E-state index in [-0.39, 0.29) is 10.8 Å². The van der Waals surface area contributed by atoms with Crippen molar-refractivity contribution < 1.29 is 13.2 Å². The zero-order valence-electron chi connectivity index (χ0n) is 9.95. The van der Waals surface area contributed by atoms with Crippen LogP contribution >= 0.6 is 0 Å². The van der Waals surface area contributed by atoms with E-state index < -0.39 is 10.0 Å². The average molecular weight is 278 g/mol. The Kier molecular flexibility index (Phi) is 3.30. The van der Waals surface area contributed by atoms with E-state index >= 15 is 0 Å². The predicted molar refractivity (Wildman–Crippen MR) is 71.2 cm³/mol. The lowest BCUT2D eigenvalue weighted by Crippen LogP contribution is -2.06. The standard InChI is InChI=1S/C12H10N2O4S/c1-8(15)13-11-6-2-5-10-9(11)4-3-7-12(10)19(17,18)14-16/h2-7H,1H3,(H,13,15). The Morgan fingerprint density at radius 2 is 1.74 bits per heavy atom. The number of rotatable bonds is 3. The molecule has 1 N–H and O–H groups in total. The van der Waals surface area contributed by atoms with Gasteiger partial charge in [-0.3, -0.25) is 4.79 Å². The second-order valence-electron chi connectivity index (χ2n) is 3.89. The molecule has 0 saturated carbocycles. The minimum Gasteiger partial charge on any atom is -0.326 e.